The molecule has 1 aromatic carbocycles. The zero-order chi connectivity index (χ0) is 19.7. The van der Waals surface area contributed by atoms with E-state index in [9.17, 15) is 9.59 Å². The molecule has 4 rings (SSSR count). The van der Waals surface area contributed by atoms with E-state index in [1.807, 2.05) is 41.1 Å². The van der Waals surface area contributed by atoms with Crippen LogP contribution >= 0.6 is 24.0 Å². The number of ether oxygens (including phenoxy) is 1. The Kier molecular flexibility index (Phi) is 5.52. The van der Waals surface area contributed by atoms with Crippen LogP contribution in [-0.2, 0) is 20.9 Å². The van der Waals surface area contributed by atoms with Crippen molar-refractivity contribution in [1.82, 2.24) is 14.8 Å². The van der Waals surface area contributed by atoms with Gasteiger partial charge in [0.15, 0.2) is 0 Å². The van der Waals surface area contributed by atoms with E-state index < -0.39 is 0 Å². The van der Waals surface area contributed by atoms with Gasteiger partial charge in [0.05, 0.1) is 11.0 Å². The molecule has 0 unspecified atom stereocenters. The fraction of sp³-hybridized carbons (Fsp3) is 0.350. The van der Waals surface area contributed by atoms with E-state index in [4.69, 9.17) is 17.0 Å². The number of thioether (sulfide) groups is 1. The van der Waals surface area contributed by atoms with Crippen molar-refractivity contribution < 1.29 is 14.3 Å². The highest BCUT2D eigenvalue weighted by atomic mass is 32.2. The maximum atomic E-state index is 12.4. The van der Waals surface area contributed by atoms with Crippen LogP contribution in [0.1, 0.15) is 18.4 Å². The normalized spacial score (nSPS) is 21.2. The van der Waals surface area contributed by atoms with Crippen molar-refractivity contribution >= 4 is 57.1 Å². The van der Waals surface area contributed by atoms with Gasteiger partial charge in [-0.3, -0.25) is 14.5 Å². The molecule has 0 aliphatic carbocycles. The summed E-state index contributed by atoms with van der Waals surface area (Å²) < 4.78 is 8.02. The minimum Gasteiger partial charge on any atom is -0.376 e. The average molecular weight is 416 g/mol. The second kappa shape index (κ2) is 8.06. The topological polar surface area (TPSA) is 63.6 Å². The van der Waals surface area contributed by atoms with E-state index in [1.54, 1.807) is 7.05 Å². The number of nitrogens with zero attached hydrogens (tertiary/aromatic N) is 2. The van der Waals surface area contributed by atoms with Gasteiger partial charge in [-0.05, 0) is 25.0 Å². The van der Waals surface area contributed by atoms with Crippen molar-refractivity contribution in [1.29, 1.82) is 0 Å². The molecule has 0 saturated carbocycles. The smallest absolute Gasteiger partial charge is 0.265 e. The first kappa shape index (κ1) is 19.2. The molecular formula is C20H21N3O3S2. The second-order valence-corrected chi connectivity index (χ2v) is 8.59. The lowest BCUT2D eigenvalue weighted by Gasteiger charge is -2.11. The van der Waals surface area contributed by atoms with E-state index >= 15 is 0 Å². The van der Waals surface area contributed by atoms with Crippen LogP contribution in [0.15, 0.2) is 35.4 Å². The molecule has 2 fully saturated rings. The van der Waals surface area contributed by atoms with Crippen molar-refractivity contribution in [3.05, 3.63) is 40.9 Å². The maximum absolute atomic E-state index is 12.4. The Morgan fingerprint density at radius 3 is 2.96 bits per heavy atom. The van der Waals surface area contributed by atoms with E-state index in [0.717, 1.165) is 35.9 Å². The first-order valence-electron chi connectivity index (χ1n) is 9.20. The lowest BCUT2D eigenvalue weighted by molar-refractivity contribution is -0.122. The Morgan fingerprint density at radius 2 is 2.25 bits per heavy atom. The molecule has 28 heavy (non-hydrogen) atoms. The molecule has 2 aromatic rings. The third-order valence-corrected chi connectivity index (χ3v) is 6.44. The van der Waals surface area contributed by atoms with Crippen LogP contribution in [0.4, 0.5) is 0 Å². The molecule has 2 saturated heterocycles. The van der Waals surface area contributed by atoms with Gasteiger partial charge in [-0.25, -0.2) is 0 Å². The zero-order valence-electron chi connectivity index (χ0n) is 15.5. The number of fused-ring (bicyclic) bond motifs is 1. The lowest BCUT2D eigenvalue weighted by Crippen LogP contribution is -2.34. The van der Waals surface area contributed by atoms with Gasteiger partial charge in [-0.2, -0.15) is 0 Å². The van der Waals surface area contributed by atoms with Crippen LogP contribution in [0.3, 0.4) is 0 Å². The van der Waals surface area contributed by atoms with Gasteiger partial charge in [0.2, 0.25) is 5.91 Å². The van der Waals surface area contributed by atoms with E-state index in [-0.39, 0.29) is 24.5 Å². The van der Waals surface area contributed by atoms with Gasteiger partial charge in [-0.1, -0.05) is 42.2 Å². The summed E-state index contributed by atoms with van der Waals surface area (Å²) in [5.74, 6) is -0.149. The number of benzene rings is 1. The number of rotatable bonds is 5. The molecule has 8 heteroatoms. The standard InChI is InChI=1S/C20H21N3O3S2/c1-22-19(25)17(28-20(22)27)9-13-11-23(16-7-3-2-6-15(13)16)12-18(24)21-10-14-5-4-8-26-14/h2-3,6-7,9,11,14H,4-5,8,10,12H2,1H3,(H,21,24)/b17-9-/t14-/m1/s1. The number of aromatic nitrogens is 1. The Bertz CT molecular complexity index is 976. The summed E-state index contributed by atoms with van der Waals surface area (Å²) >= 11 is 6.50. The summed E-state index contributed by atoms with van der Waals surface area (Å²) in [5.41, 5.74) is 1.85. The predicted octanol–water partition coefficient (Wildman–Crippen LogP) is 2.77. The van der Waals surface area contributed by atoms with E-state index in [1.165, 1.54) is 16.7 Å². The first-order chi connectivity index (χ1) is 13.5. The monoisotopic (exact) mass is 415 g/mol. The summed E-state index contributed by atoms with van der Waals surface area (Å²) in [5, 5.41) is 3.95. The highest BCUT2D eigenvalue weighted by Gasteiger charge is 2.29. The SMILES string of the molecule is CN1C(=O)/C(=C/c2cn(CC(=O)NC[C@H]3CCCO3)c3ccccc23)SC1=S. The molecule has 0 spiro atoms. The van der Waals surface area contributed by atoms with Crippen LogP contribution in [-0.4, -0.2) is 51.9 Å². The number of nitrogens with one attached hydrogen (secondary N) is 1. The molecule has 1 atom stereocenters. The Morgan fingerprint density at radius 1 is 1.43 bits per heavy atom. The molecule has 2 amide bonds. The molecule has 146 valence electrons. The number of amides is 2. The first-order valence-corrected chi connectivity index (χ1v) is 10.4. The van der Waals surface area contributed by atoms with Crippen molar-refractivity contribution in [3.63, 3.8) is 0 Å². The number of carbonyl (C=O) groups is 2. The van der Waals surface area contributed by atoms with Crippen LogP contribution in [0.2, 0.25) is 0 Å². The summed E-state index contributed by atoms with van der Waals surface area (Å²) in [7, 11) is 1.68. The molecule has 6 nitrogen and oxygen atoms in total. The van der Waals surface area contributed by atoms with Crippen molar-refractivity contribution in [2.75, 3.05) is 20.2 Å². The molecular weight excluding hydrogens is 394 g/mol. The highest BCUT2D eigenvalue weighted by Crippen LogP contribution is 2.33. The number of hydrogen-bond acceptors (Lipinski definition) is 5. The number of hydrogen-bond donors (Lipinski definition) is 1. The highest BCUT2D eigenvalue weighted by molar-refractivity contribution is 8.26. The fourth-order valence-electron chi connectivity index (χ4n) is 3.45. The third kappa shape index (κ3) is 3.85. The lowest BCUT2D eigenvalue weighted by atomic mass is 10.1. The molecule has 2 aliphatic rings. The zero-order valence-corrected chi connectivity index (χ0v) is 17.1. The molecule has 1 N–H and O–H groups in total. The molecule has 1 aromatic heterocycles. The van der Waals surface area contributed by atoms with Gasteiger partial charge in [0, 0.05) is 42.9 Å². The van der Waals surface area contributed by atoms with Gasteiger partial charge in [-0.15, -0.1) is 0 Å². The Labute approximate surface area is 172 Å². The Hall–Kier alpha value is -2.16. The van der Waals surface area contributed by atoms with Crippen LogP contribution in [0, 0.1) is 0 Å². The van der Waals surface area contributed by atoms with Gasteiger partial charge < -0.3 is 14.6 Å². The Balaban J connectivity index is 1.55. The predicted molar refractivity (Wildman–Crippen MR) is 115 cm³/mol. The number of thiocarbonyl (C=S) groups is 1. The number of likely N-dealkylation sites (N-methyl/N-ethyl adjacent to an activating group) is 1. The van der Waals surface area contributed by atoms with Crippen LogP contribution < -0.4 is 5.32 Å². The van der Waals surface area contributed by atoms with Gasteiger partial charge >= 0.3 is 0 Å². The largest absolute Gasteiger partial charge is 0.376 e. The summed E-state index contributed by atoms with van der Waals surface area (Å²) in [6.45, 7) is 1.54. The number of para-hydroxylation sites is 1. The third-order valence-electron chi connectivity index (χ3n) is 4.96. The van der Waals surface area contributed by atoms with E-state index in [2.05, 4.69) is 5.32 Å². The molecule has 2 aliphatic heterocycles. The number of carbonyl (C=O) groups excluding carboxylic acids is 2. The minimum atomic E-state index is -0.0962. The van der Waals surface area contributed by atoms with Crippen LogP contribution in [0.5, 0.6) is 0 Å². The molecule has 0 bridgehead atoms. The quantitative estimate of drug-likeness (QED) is 0.601. The summed E-state index contributed by atoms with van der Waals surface area (Å²) in [6, 6.07) is 7.87. The van der Waals surface area contributed by atoms with Crippen molar-refractivity contribution in [2.45, 2.75) is 25.5 Å². The van der Waals surface area contributed by atoms with E-state index in [0.29, 0.717) is 15.8 Å². The van der Waals surface area contributed by atoms with Crippen LogP contribution in [0.25, 0.3) is 17.0 Å². The maximum Gasteiger partial charge on any atom is 0.265 e. The average Bonchev–Trinajstić information content (AvgIpc) is 3.38. The van der Waals surface area contributed by atoms with Crippen molar-refractivity contribution in [3.8, 4) is 0 Å². The molecule has 3 heterocycles. The fourth-order valence-corrected chi connectivity index (χ4v) is 4.62. The molecule has 0 radical (unpaired) electrons. The minimum absolute atomic E-state index is 0.0531. The van der Waals surface area contributed by atoms with Gasteiger partial charge in [0.25, 0.3) is 5.91 Å². The second-order valence-electron chi connectivity index (χ2n) is 6.91. The van der Waals surface area contributed by atoms with Gasteiger partial charge in [0.1, 0.15) is 10.9 Å². The van der Waals surface area contributed by atoms with Crippen molar-refractivity contribution in [2.24, 2.45) is 0 Å². The summed E-state index contributed by atoms with van der Waals surface area (Å²) in [6.07, 6.45) is 5.93. The summed E-state index contributed by atoms with van der Waals surface area (Å²) in [4.78, 5) is 26.8.